The number of hydrogen-bond donors (Lipinski definition) is 1. The molecule has 0 aliphatic heterocycles. The fourth-order valence-electron chi connectivity index (χ4n) is 1.73. The second-order valence-corrected chi connectivity index (χ2v) is 5.80. The average molecular weight is 345 g/mol. The van der Waals surface area contributed by atoms with Crippen LogP contribution < -0.4 is 5.32 Å². The summed E-state index contributed by atoms with van der Waals surface area (Å²) in [5, 5.41) is 4.73. The van der Waals surface area contributed by atoms with Gasteiger partial charge in [-0.15, -0.1) is 0 Å². The van der Waals surface area contributed by atoms with E-state index in [9.17, 15) is 0 Å². The molecule has 2 aromatic rings. The predicted molar refractivity (Wildman–Crippen MR) is 82.6 cm³/mol. The first-order valence-electron chi connectivity index (χ1n) is 5.53. The summed E-state index contributed by atoms with van der Waals surface area (Å²) in [6.07, 6.45) is 0. The quantitative estimate of drug-likeness (QED) is 0.727. The lowest BCUT2D eigenvalue weighted by Gasteiger charge is -2.17. The van der Waals surface area contributed by atoms with Crippen molar-refractivity contribution in [2.24, 2.45) is 0 Å². The molecule has 2 rings (SSSR count). The fraction of sp³-hybridized carbons (Fsp3) is 0.143. The van der Waals surface area contributed by atoms with E-state index in [0.717, 1.165) is 15.7 Å². The third-order valence-corrected chi connectivity index (χ3v) is 3.75. The van der Waals surface area contributed by atoms with E-state index in [2.05, 4.69) is 28.2 Å². The molecule has 1 N–H and O–H groups in total. The molecule has 2 aromatic carbocycles. The van der Waals surface area contributed by atoms with Crippen LogP contribution in [0.5, 0.6) is 0 Å². The predicted octanol–water partition coefficient (Wildman–Crippen LogP) is 5.93. The molecule has 4 heteroatoms. The molecule has 1 unspecified atom stereocenters. The maximum absolute atomic E-state index is 6.18. The molecule has 1 atom stereocenters. The fourth-order valence-corrected chi connectivity index (χ4v) is 2.56. The van der Waals surface area contributed by atoms with Crippen molar-refractivity contribution in [1.82, 2.24) is 0 Å². The van der Waals surface area contributed by atoms with Crippen molar-refractivity contribution >= 4 is 44.8 Å². The Morgan fingerprint density at radius 1 is 1.06 bits per heavy atom. The minimum absolute atomic E-state index is 0.121. The topological polar surface area (TPSA) is 12.0 Å². The lowest BCUT2D eigenvalue weighted by Crippen LogP contribution is -2.06. The third kappa shape index (κ3) is 3.41. The van der Waals surface area contributed by atoms with Crippen LogP contribution in [0.3, 0.4) is 0 Å². The highest BCUT2D eigenvalue weighted by molar-refractivity contribution is 9.10. The summed E-state index contributed by atoms with van der Waals surface area (Å²) in [7, 11) is 0. The molecule has 0 saturated carbocycles. The lowest BCUT2D eigenvalue weighted by atomic mass is 10.1. The van der Waals surface area contributed by atoms with Gasteiger partial charge in [-0.1, -0.05) is 45.2 Å². The first kappa shape index (κ1) is 13.7. The molecule has 0 radical (unpaired) electrons. The Morgan fingerprint density at radius 3 is 2.33 bits per heavy atom. The van der Waals surface area contributed by atoms with Gasteiger partial charge >= 0.3 is 0 Å². The van der Waals surface area contributed by atoms with Gasteiger partial charge in [-0.2, -0.15) is 0 Å². The van der Waals surface area contributed by atoms with Gasteiger partial charge in [-0.25, -0.2) is 0 Å². The Balaban J connectivity index is 2.16. The average Bonchev–Trinajstić information content (AvgIpc) is 2.32. The van der Waals surface area contributed by atoms with E-state index in [1.807, 2.05) is 36.4 Å². The maximum Gasteiger partial charge on any atom is 0.0500 e. The van der Waals surface area contributed by atoms with Crippen LogP contribution in [0.1, 0.15) is 18.5 Å². The number of anilines is 1. The molecule has 0 aromatic heterocycles. The summed E-state index contributed by atoms with van der Waals surface area (Å²) < 4.78 is 1.06. The third-order valence-electron chi connectivity index (χ3n) is 2.66. The Hall–Kier alpha value is -0.700. The molecular formula is C14H12BrCl2N. The van der Waals surface area contributed by atoms with Crippen molar-refractivity contribution < 1.29 is 0 Å². The van der Waals surface area contributed by atoms with Gasteiger partial charge in [-0.3, -0.25) is 0 Å². The summed E-state index contributed by atoms with van der Waals surface area (Å²) >= 11 is 15.5. The smallest absolute Gasteiger partial charge is 0.0500 e. The summed E-state index contributed by atoms with van der Waals surface area (Å²) in [6.45, 7) is 2.07. The molecule has 0 bridgehead atoms. The number of rotatable bonds is 3. The van der Waals surface area contributed by atoms with Crippen LogP contribution in [0.4, 0.5) is 5.69 Å². The van der Waals surface area contributed by atoms with Gasteiger partial charge in [0.1, 0.15) is 0 Å². The lowest BCUT2D eigenvalue weighted by molar-refractivity contribution is 0.885. The zero-order chi connectivity index (χ0) is 13.1. The van der Waals surface area contributed by atoms with Crippen molar-refractivity contribution in [3.8, 4) is 0 Å². The zero-order valence-electron chi connectivity index (χ0n) is 9.75. The second kappa shape index (κ2) is 5.96. The van der Waals surface area contributed by atoms with Crippen LogP contribution in [-0.4, -0.2) is 0 Å². The molecule has 0 fully saturated rings. The van der Waals surface area contributed by atoms with E-state index in [4.69, 9.17) is 23.2 Å². The minimum atomic E-state index is 0.121. The molecule has 18 heavy (non-hydrogen) atoms. The standard InChI is InChI=1S/C14H12BrCl2N/c1-9(13-7-4-11(16)8-14(13)17)18-12-5-2-10(15)3-6-12/h2-9,18H,1H3. The maximum atomic E-state index is 6.18. The van der Waals surface area contributed by atoms with E-state index in [1.165, 1.54) is 0 Å². The van der Waals surface area contributed by atoms with Gasteiger partial charge in [-0.05, 0) is 48.9 Å². The summed E-state index contributed by atoms with van der Waals surface area (Å²) in [5.41, 5.74) is 2.08. The van der Waals surface area contributed by atoms with Crippen LogP contribution >= 0.6 is 39.1 Å². The Labute approximate surface area is 125 Å². The van der Waals surface area contributed by atoms with Crippen molar-refractivity contribution in [2.45, 2.75) is 13.0 Å². The van der Waals surface area contributed by atoms with Gasteiger partial charge in [0.25, 0.3) is 0 Å². The summed E-state index contributed by atoms with van der Waals surface area (Å²) in [4.78, 5) is 0. The van der Waals surface area contributed by atoms with Crippen LogP contribution in [0.15, 0.2) is 46.9 Å². The van der Waals surface area contributed by atoms with Crippen molar-refractivity contribution in [3.63, 3.8) is 0 Å². The molecule has 0 aliphatic carbocycles. The van der Waals surface area contributed by atoms with Crippen LogP contribution in [0.25, 0.3) is 0 Å². The van der Waals surface area contributed by atoms with Gasteiger partial charge in [0.2, 0.25) is 0 Å². The second-order valence-electron chi connectivity index (χ2n) is 4.04. The Bertz CT molecular complexity index is 540. The van der Waals surface area contributed by atoms with Crippen LogP contribution in [-0.2, 0) is 0 Å². The highest BCUT2D eigenvalue weighted by Crippen LogP contribution is 2.28. The Morgan fingerprint density at radius 2 is 1.72 bits per heavy atom. The summed E-state index contributed by atoms with van der Waals surface area (Å²) in [5.74, 6) is 0. The molecule has 94 valence electrons. The van der Waals surface area contributed by atoms with E-state index >= 15 is 0 Å². The number of benzene rings is 2. The molecule has 1 nitrogen and oxygen atoms in total. The zero-order valence-corrected chi connectivity index (χ0v) is 12.9. The van der Waals surface area contributed by atoms with Gasteiger partial charge in [0.15, 0.2) is 0 Å². The van der Waals surface area contributed by atoms with Crippen molar-refractivity contribution in [2.75, 3.05) is 5.32 Å². The first-order chi connectivity index (χ1) is 8.56. The van der Waals surface area contributed by atoms with E-state index in [1.54, 1.807) is 6.07 Å². The number of halogens is 3. The highest BCUT2D eigenvalue weighted by atomic mass is 79.9. The van der Waals surface area contributed by atoms with E-state index in [-0.39, 0.29) is 6.04 Å². The number of nitrogens with one attached hydrogen (secondary N) is 1. The van der Waals surface area contributed by atoms with Gasteiger partial charge in [0.05, 0.1) is 0 Å². The first-order valence-corrected chi connectivity index (χ1v) is 7.08. The van der Waals surface area contributed by atoms with Gasteiger partial charge < -0.3 is 5.32 Å². The number of hydrogen-bond acceptors (Lipinski definition) is 1. The molecule has 0 heterocycles. The molecule has 0 amide bonds. The van der Waals surface area contributed by atoms with E-state index < -0.39 is 0 Å². The largest absolute Gasteiger partial charge is 0.378 e. The van der Waals surface area contributed by atoms with E-state index in [0.29, 0.717) is 10.0 Å². The van der Waals surface area contributed by atoms with Crippen LogP contribution in [0, 0.1) is 0 Å². The molecule has 0 spiro atoms. The molecular weight excluding hydrogens is 333 g/mol. The summed E-state index contributed by atoms with van der Waals surface area (Å²) in [6, 6.07) is 13.7. The minimum Gasteiger partial charge on any atom is -0.378 e. The van der Waals surface area contributed by atoms with Crippen LogP contribution in [0.2, 0.25) is 10.0 Å². The van der Waals surface area contributed by atoms with Crippen molar-refractivity contribution in [1.29, 1.82) is 0 Å². The Kier molecular flexibility index (Phi) is 4.55. The normalized spacial score (nSPS) is 12.2. The molecule has 0 aliphatic rings. The van der Waals surface area contributed by atoms with Gasteiger partial charge in [0, 0.05) is 26.2 Å². The van der Waals surface area contributed by atoms with Crippen molar-refractivity contribution in [3.05, 3.63) is 62.5 Å². The highest BCUT2D eigenvalue weighted by Gasteiger charge is 2.09. The monoisotopic (exact) mass is 343 g/mol. The SMILES string of the molecule is CC(Nc1ccc(Br)cc1)c1ccc(Cl)cc1Cl. The molecule has 0 saturated heterocycles.